The smallest absolute Gasteiger partial charge is 0.239 e. The van der Waals surface area contributed by atoms with Gasteiger partial charge in [-0.1, -0.05) is 0 Å². The van der Waals surface area contributed by atoms with Crippen molar-refractivity contribution in [2.75, 3.05) is 24.5 Å². The van der Waals surface area contributed by atoms with Crippen molar-refractivity contribution in [2.24, 2.45) is 0 Å². The number of ether oxygens (including phenoxy) is 1. The molecule has 16 heavy (non-hydrogen) atoms. The highest BCUT2D eigenvalue weighted by Crippen LogP contribution is 2.19. The fourth-order valence-electron chi connectivity index (χ4n) is 1.90. The van der Waals surface area contributed by atoms with Crippen molar-refractivity contribution in [3.8, 4) is 0 Å². The van der Waals surface area contributed by atoms with E-state index in [9.17, 15) is 4.79 Å². The number of nitrogens with zero attached hydrogens (tertiary/aromatic N) is 3. The van der Waals surface area contributed by atoms with Gasteiger partial charge in [0.15, 0.2) is 0 Å². The molecule has 6 heteroatoms. The van der Waals surface area contributed by atoms with E-state index in [1.54, 1.807) is 6.20 Å². The van der Waals surface area contributed by atoms with E-state index in [0.29, 0.717) is 32.3 Å². The van der Waals surface area contributed by atoms with Crippen molar-refractivity contribution < 1.29 is 9.53 Å². The summed E-state index contributed by atoms with van der Waals surface area (Å²) in [6.07, 6.45) is 1.79. The van der Waals surface area contributed by atoms with Gasteiger partial charge in [-0.15, -0.1) is 0 Å². The quantitative estimate of drug-likeness (QED) is 0.687. The van der Waals surface area contributed by atoms with Gasteiger partial charge >= 0.3 is 0 Å². The summed E-state index contributed by atoms with van der Waals surface area (Å²) in [7, 11) is 0. The van der Waals surface area contributed by atoms with Crippen LogP contribution in [-0.4, -0.2) is 35.5 Å². The SMILES string of the molecule is O=C1CN(c2ncc3c(n2)COC3)CCN1. The molecule has 0 bridgehead atoms. The Morgan fingerprint density at radius 2 is 2.38 bits per heavy atom. The van der Waals surface area contributed by atoms with E-state index in [-0.39, 0.29) is 5.91 Å². The molecule has 6 nitrogen and oxygen atoms in total. The monoisotopic (exact) mass is 220 g/mol. The normalized spacial score (nSPS) is 19.5. The number of fused-ring (bicyclic) bond motifs is 1. The van der Waals surface area contributed by atoms with E-state index in [4.69, 9.17) is 4.74 Å². The minimum absolute atomic E-state index is 0.0200. The second-order valence-electron chi connectivity index (χ2n) is 3.91. The third-order valence-corrected chi connectivity index (χ3v) is 2.76. The Labute approximate surface area is 92.6 Å². The molecule has 0 saturated carbocycles. The topological polar surface area (TPSA) is 67.4 Å². The second kappa shape index (κ2) is 3.71. The fourth-order valence-corrected chi connectivity index (χ4v) is 1.90. The molecular weight excluding hydrogens is 208 g/mol. The van der Waals surface area contributed by atoms with Crippen LogP contribution in [0.4, 0.5) is 5.95 Å². The van der Waals surface area contributed by atoms with Gasteiger partial charge in [0, 0.05) is 24.8 Å². The maximum atomic E-state index is 11.2. The summed E-state index contributed by atoms with van der Waals surface area (Å²) in [6.45, 7) is 2.88. The number of nitrogens with one attached hydrogen (secondary N) is 1. The van der Waals surface area contributed by atoms with Gasteiger partial charge in [-0.05, 0) is 0 Å². The van der Waals surface area contributed by atoms with Crippen molar-refractivity contribution in [3.63, 3.8) is 0 Å². The standard InChI is InChI=1S/C10H12N4O2/c15-9-4-14(2-1-11-9)10-12-3-7-5-16-6-8(7)13-10/h3H,1-2,4-6H2,(H,11,15). The maximum Gasteiger partial charge on any atom is 0.239 e. The summed E-state index contributed by atoms with van der Waals surface area (Å²) in [5, 5.41) is 2.77. The first-order valence-corrected chi connectivity index (χ1v) is 5.27. The number of anilines is 1. The van der Waals surface area contributed by atoms with Crippen LogP contribution in [0.2, 0.25) is 0 Å². The zero-order valence-corrected chi connectivity index (χ0v) is 8.77. The number of piperazine rings is 1. The molecule has 3 heterocycles. The fraction of sp³-hybridized carbons (Fsp3) is 0.500. The van der Waals surface area contributed by atoms with Crippen LogP contribution in [0.15, 0.2) is 6.20 Å². The average molecular weight is 220 g/mol. The van der Waals surface area contributed by atoms with Gasteiger partial charge in [-0.2, -0.15) is 0 Å². The lowest BCUT2D eigenvalue weighted by Crippen LogP contribution is -2.48. The van der Waals surface area contributed by atoms with E-state index in [1.165, 1.54) is 0 Å². The van der Waals surface area contributed by atoms with Crippen LogP contribution in [0.3, 0.4) is 0 Å². The predicted molar refractivity (Wildman–Crippen MR) is 55.7 cm³/mol. The molecule has 1 aromatic heterocycles. The van der Waals surface area contributed by atoms with Crippen molar-refractivity contribution in [1.29, 1.82) is 0 Å². The van der Waals surface area contributed by atoms with Gasteiger partial charge in [-0.3, -0.25) is 4.79 Å². The molecule has 1 amide bonds. The molecule has 2 aliphatic rings. The van der Waals surface area contributed by atoms with E-state index in [2.05, 4.69) is 15.3 Å². The van der Waals surface area contributed by atoms with Crippen LogP contribution in [0.25, 0.3) is 0 Å². The molecule has 0 aliphatic carbocycles. The van der Waals surface area contributed by atoms with Crippen LogP contribution in [0.5, 0.6) is 0 Å². The minimum Gasteiger partial charge on any atom is -0.370 e. The van der Waals surface area contributed by atoms with Gasteiger partial charge in [0.05, 0.1) is 25.5 Å². The van der Waals surface area contributed by atoms with Gasteiger partial charge in [0.1, 0.15) is 0 Å². The minimum atomic E-state index is 0.0200. The third kappa shape index (κ3) is 1.61. The number of carbonyl (C=O) groups is 1. The summed E-state index contributed by atoms with van der Waals surface area (Å²) in [6, 6.07) is 0. The molecular formula is C10H12N4O2. The molecule has 3 rings (SSSR count). The molecule has 2 aliphatic heterocycles. The van der Waals surface area contributed by atoms with Gasteiger partial charge in [0.2, 0.25) is 11.9 Å². The third-order valence-electron chi connectivity index (χ3n) is 2.76. The Bertz CT molecular complexity index is 435. The van der Waals surface area contributed by atoms with Crippen molar-refractivity contribution in [1.82, 2.24) is 15.3 Å². The molecule has 84 valence electrons. The first-order valence-electron chi connectivity index (χ1n) is 5.27. The number of carbonyl (C=O) groups excluding carboxylic acids is 1. The van der Waals surface area contributed by atoms with Crippen LogP contribution < -0.4 is 10.2 Å². The molecule has 1 saturated heterocycles. The number of hydrogen-bond acceptors (Lipinski definition) is 5. The van der Waals surface area contributed by atoms with E-state index < -0.39 is 0 Å². The largest absolute Gasteiger partial charge is 0.370 e. The molecule has 0 aromatic carbocycles. The molecule has 1 fully saturated rings. The highest BCUT2D eigenvalue weighted by Gasteiger charge is 2.21. The lowest BCUT2D eigenvalue weighted by Gasteiger charge is -2.26. The first kappa shape index (κ1) is 9.53. The second-order valence-corrected chi connectivity index (χ2v) is 3.91. The van der Waals surface area contributed by atoms with Crippen LogP contribution >= 0.6 is 0 Å². The van der Waals surface area contributed by atoms with E-state index in [1.807, 2.05) is 4.90 Å². The van der Waals surface area contributed by atoms with Gasteiger partial charge < -0.3 is 15.0 Å². The first-order chi connectivity index (χ1) is 7.83. The van der Waals surface area contributed by atoms with Gasteiger partial charge in [0.25, 0.3) is 0 Å². The Balaban J connectivity index is 1.86. The summed E-state index contributed by atoms with van der Waals surface area (Å²) in [5.74, 6) is 0.644. The number of hydrogen-bond donors (Lipinski definition) is 1. The Morgan fingerprint density at radius 3 is 3.25 bits per heavy atom. The summed E-state index contributed by atoms with van der Waals surface area (Å²) in [5.41, 5.74) is 1.99. The zero-order valence-electron chi connectivity index (χ0n) is 8.77. The predicted octanol–water partition coefficient (Wildman–Crippen LogP) is -0.557. The molecule has 0 atom stereocenters. The average Bonchev–Trinajstić information content (AvgIpc) is 2.75. The van der Waals surface area contributed by atoms with E-state index in [0.717, 1.165) is 17.8 Å². The highest BCUT2D eigenvalue weighted by molar-refractivity contribution is 5.81. The molecule has 0 unspecified atom stereocenters. The summed E-state index contributed by atoms with van der Waals surface area (Å²) >= 11 is 0. The lowest BCUT2D eigenvalue weighted by molar-refractivity contribution is -0.120. The summed E-state index contributed by atoms with van der Waals surface area (Å²) in [4.78, 5) is 21.8. The number of amides is 1. The van der Waals surface area contributed by atoms with Gasteiger partial charge in [-0.25, -0.2) is 9.97 Å². The zero-order chi connectivity index (χ0) is 11.0. The Hall–Kier alpha value is -1.69. The van der Waals surface area contributed by atoms with Crippen molar-refractivity contribution >= 4 is 11.9 Å². The van der Waals surface area contributed by atoms with Crippen molar-refractivity contribution in [2.45, 2.75) is 13.2 Å². The maximum absolute atomic E-state index is 11.2. The molecule has 0 spiro atoms. The molecule has 0 radical (unpaired) electrons. The van der Waals surface area contributed by atoms with Crippen LogP contribution in [0.1, 0.15) is 11.3 Å². The number of rotatable bonds is 1. The summed E-state index contributed by atoms with van der Waals surface area (Å²) < 4.78 is 5.28. The molecule has 1 N–H and O–H groups in total. The number of aromatic nitrogens is 2. The van der Waals surface area contributed by atoms with Crippen molar-refractivity contribution in [3.05, 3.63) is 17.5 Å². The van der Waals surface area contributed by atoms with E-state index >= 15 is 0 Å². The Morgan fingerprint density at radius 1 is 1.44 bits per heavy atom. The lowest BCUT2D eigenvalue weighted by atomic mass is 10.3. The highest BCUT2D eigenvalue weighted by atomic mass is 16.5. The van der Waals surface area contributed by atoms with Crippen LogP contribution in [0, 0.1) is 0 Å². The Kier molecular flexibility index (Phi) is 2.21. The van der Waals surface area contributed by atoms with Crippen LogP contribution in [-0.2, 0) is 22.7 Å². The molecule has 1 aromatic rings.